The van der Waals surface area contributed by atoms with Crippen LogP contribution >= 0.6 is 24.8 Å². The molecule has 0 fully saturated rings. The van der Waals surface area contributed by atoms with Gasteiger partial charge in [-0.25, -0.2) is 4.68 Å². The van der Waals surface area contributed by atoms with Crippen molar-refractivity contribution in [3.63, 3.8) is 0 Å². The molecule has 1 amide bonds. The average molecular weight is 393 g/mol. The van der Waals surface area contributed by atoms with Gasteiger partial charge in [0.2, 0.25) is 0 Å². The number of amides is 1. The number of thiocarbonyl (C=S) groups is 1. The smallest absolute Gasteiger partial charge is 0.290 e. The molecule has 0 unspecified atom stereocenters. The molecule has 0 bridgehead atoms. The van der Waals surface area contributed by atoms with E-state index >= 15 is 0 Å². The van der Waals surface area contributed by atoms with Gasteiger partial charge in [-0.3, -0.25) is 15.6 Å². The summed E-state index contributed by atoms with van der Waals surface area (Å²) in [6, 6.07) is 19.4. The molecular weight excluding hydrogens is 378 g/mol. The highest BCUT2D eigenvalue weighted by atomic mass is 32.1. The number of aromatic nitrogens is 3. The summed E-state index contributed by atoms with van der Waals surface area (Å²) in [5.74, 6) is -0.401. The summed E-state index contributed by atoms with van der Waals surface area (Å²) < 4.78 is 1.92. The number of thiol groups is 1. The van der Waals surface area contributed by atoms with Gasteiger partial charge in [0.25, 0.3) is 5.91 Å². The molecule has 3 N–H and O–H groups in total. The summed E-state index contributed by atoms with van der Waals surface area (Å²) in [7, 11) is 0. The van der Waals surface area contributed by atoms with Gasteiger partial charge < -0.3 is 4.98 Å². The first-order chi connectivity index (χ1) is 13.1. The number of hydrogen-bond acceptors (Lipinski definition) is 3. The zero-order valence-electron chi connectivity index (χ0n) is 14.0. The van der Waals surface area contributed by atoms with E-state index in [1.807, 2.05) is 60.8 Å². The summed E-state index contributed by atoms with van der Waals surface area (Å²) in [6.07, 6.45) is 1.92. The Morgan fingerprint density at radius 3 is 2.59 bits per heavy atom. The first kappa shape index (κ1) is 17.3. The summed E-state index contributed by atoms with van der Waals surface area (Å²) in [4.78, 5) is 15.7. The number of benzene rings is 2. The van der Waals surface area contributed by atoms with Crippen molar-refractivity contribution in [1.82, 2.24) is 25.6 Å². The zero-order chi connectivity index (χ0) is 18.8. The molecule has 0 saturated carbocycles. The molecule has 2 aromatic heterocycles. The molecule has 0 saturated heterocycles. The highest BCUT2D eigenvalue weighted by Crippen LogP contribution is 2.30. The lowest BCUT2D eigenvalue weighted by molar-refractivity contribution is 0.0939. The number of nitrogens with one attached hydrogen (secondary N) is 3. The molecule has 0 aliphatic rings. The standard InChI is InChI=1S/C19H15N5OS2/c25-18(21-22-19(26)27)16-10-17(24(23-16)12-6-2-1-3-7-12)14-11-20-15-9-5-4-8-13(14)15/h1-11,20H,(H,21,25)(H2,22,26,27). The van der Waals surface area contributed by atoms with Crippen LogP contribution in [0.5, 0.6) is 0 Å². The highest BCUT2D eigenvalue weighted by Gasteiger charge is 2.18. The first-order valence-electron chi connectivity index (χ1n) is 8.15. The van der Waals surface area contributed by atoms with Gasteiger partial charge in [0, 0.05) is 22.7 Å². The second-order valence-electron chi connectivity index (χ2n) is 5.79. The lowest BCUT2D eigenvalue weighted by Gasteiger charge is -2.06. The Labute approximate surface area is 166 Å². The van der Waals surface area contributed by atoms with E-state index in [0.717, 1.165) is 27.8 Å². The van der Waals surface area contributed by atoms with Crippen LogP contribution in [0, 0.1) is 0 Å². The van der Waals surface area contributed by atoms with Crippen LogP contribution in [0.3, 0.4) is 0 Å². The third-order valence-electron chi connectivity index (χ3n) is 4.09. The van der Waals surface area contributed by atoms with E-state index in [2.05, 4.69) is 33.6 Å². The van der Waals surface area contributed by atoms with E-state index in [4.69, 9.17) is 12.2 Å². The maximum Gasteiger partial charge on any atom is 0.290 e. The van der Waals surface area contributed by atoms with E-state index in [-0.39, 0.29) is 10.0 Å². The predicted molar refractivity (Wildman–Crippen MR) is 113 cm³/mol. The van der Waals surface area contributed by atoms with Crippen molar-refractivity contribution >= 4 is 46.0 Å². The minimum absolute atomic E-state index is 0.169. The molecule has 0 spiro atoms. The molecule has 6 nitrogen and oxygen atoms in total. The Morgan fingerprint density at radius 1 is 1.07 bits per heavy atom. The zero-order valence-corrected chi connectivity index (χ0v) is 15.7. The van der Waals surface area contributed by atoms with Crippen molar-refractivity contribution in [2.24, 2.45) is 0 Å². The van der Waals surface area contributed by atoms with Crippen LogP contribution in [0.25, 0.3) is 27.8 Å². The Kier molecular flexibility index (Phi) is 4.66. The third kappa shape index (κ3) is 3.44. The highest BCUT2D eigenvalue weighted by molar-refractivity contribution is 8.11. The second kappa shape index (κ2) is 7.26. The second-order valence-corrected chi connectivity index (χ2v) is 6.95. The van der Waals surface area contributed by atoms with Crippen LogP contribution in [-0.4, -0.2) is 25.0 Å². The molecule has 134 valence electrons. The number of nitrogens with zero attached hydrogens (tertiary/aromatic N) is 2. The predicted octanol–water partition coefficient (Wildman–Crippen LogP) is 3.47. The number of fused-ring (bicyclic) bond motifs is 1. The average Bonchev–Trinajstić information content (AvgIpc) is 3.31. The van der Waals surface area contributed by atoms with E-state index in [1.54, 1.807) is 10.7 Å². The lowest BCUT2D eigenvalue weighted by atomic mass is 10.1. The summed E-state index contributed by atoms with van der Waals surface area (Å²) >= 11 is 8.73. The number of carbonyl (C=O) groups is 1. The molecule has 0 aliphatic heterocycles. The minimum Gasteiger partial charge on any atom is -0.360 e. The molecule has 0 atom stereocenters. The molecule has 27 heavy (non-hydrogen) atoms. The van der Waals surface area contributed by atoms with Crippen LogP contribution in [0.2, 0.25) is 0 Å². The fraction of sp³-hybridized carbons (Fsp3) is 0. The lowest BCUT2D eigenvalue weighted by Crippen LogP contribution is -2.39. The summed E-state index contributed by atoms with van der Waals surface area (Å²) in [6.45, 7) is 0. The number of aromatic amines is 1. The number of hydrazine groups is 1. The van der Waals surface area contributed by atoms with Gasteiger partial charge in [-0.15, -0.1) is 12.6 Å². The molecule has 8 heteroatoms. The fourth-order valence-electron chi connectivity index (χ4n) is 2.91. The Hall–Kier alpha value is -3.10. The molecule has 4 aromatic rings. The van der Waals surface area contributed by atoms with Crippen molar-refractivity contribution in [3.05, 3.63) is 72.6 Å². The third-order valence-corrected chi connectivity index (χ3v) is 4.30. The minimum atomic E-state index is -0.401. The summed E-state index contributed by atoms with van der Waals surface area (Å²) in [5, 5.41) is 5.56. The largest absolute Gasteiger partial charge is 0.360 e. The van der Waals surface area contributed by atoms with Gasteiger partial charge in [0.1, 0.15) is 4.32 Å². The molecule has 2 aromatic carbocycles. The quantitative estimate of drug-likeness (QED) is 0.244. The van der Waals surface area contributed by atoms with Gasteiger partial charge in [0.15, 0.2) is 5.69 Å². The SMILES string of the molecule is O=C(NNC(=S)S)c1cc(-c2c[nH]c3ccccc23)n(-c2ccccc2)n1. The Balaban J connectivity index is 1.84. The number of H-pyrrole nitrogens is 1. The van der Waals surface area contributed by atoms with Crippen molar-refractivity contribution < 1.29 is 4.79 Å². The van der Waals surface area contributed by atoms with Crippen LogP contribution < -0.4 is 10.9 Å². The van der Waals surface area contributed by atoms with Gasteiger partial charge in [-0.1, -0.05) is 48.6 Å². The Morgan fingerprint density at radius 2 is 1.81 bits per heavy atom. The van der Waals surface area contributed by atoms with Crippen LogP contribution in [0.4, 0.5) is 0 Å². The van der Waals surface area contributed by atoms with Crippen LogP contribution in [0.15, 0.2) is 66.9 Å². The molecule has 0 radical (unpaired) electrons. The first-order valence-corrected chi connectivity index (χ1v) is 9.00. The monoisotopic (exact) mass is 393 g/mol. The van der Waals surface area contributed by atoms with Gasteiger partial charge in [0.05, 0.1) is 11.4 Å². The van der Waals surface area contributed by atoms with Crippen molar-refractivity contribution in [1.29, 1.82) is 0 Å². The molecule has 0 aliphatic carbocycles. The molecular formula is C19H15N5OS2. The van der Waals surface area contributed by atoms with E-state index in [1.165, 1.54) is 0 Å². The van der Waals surface area contributed by atoms with Gasteiger partial charge >= 0.3 is 0 Å². The normalized spacial score (nSPS) is 10.7. The maximum absolute atomic E-state index is 12.4. The van der Waals surface area contributed by atoms with Gasteiger partial charge in [-0.2, -0.15) is 5.10 Å². The van der Waals surface area contributed by atoms with Gasteiger partial charge in [-0.05, 0) is 24.3 Å². The molecule has 2 heterocycles. The number of rotatable bonds is 3. The number of para-hydroxylation sites is 2. The van der Waals surface area contributed by atoms with Crippen molar-refractivity contribution in [2.75, 3.05) is 0 Å². The van der Waals surface area contributed by atoms with Crippen LogP contribution in [-0.2, 0) is 0 Å². The molecule has 4 rings (SSSR count). The van der Waals surface area contributed by atoms with Crippen molar-refractivity contribution in [2.45, 2.75) is 0 Å². The van der Waals surface area contributed by atoms with E-state index in [9.17, 15) is 4.79 Å². The number of hydrogen-bond donors (Lipinski definition) is 4. The van der Waals surface area contributed by atoms with Crippen LogP contribution in [0.1, 0.15) is 10.5 Å². The maximum atomic E-state index is 12.4. The van der Waals surface area contributed by atoms with E-state index < -0.39 is 5.91 Å². The summed E-state index contributed by atoms with van der Waals surface area (Å²) in [5.41, 5.74) is 8.89. The fourth-order valence-corrected chi connectivity index (χ4v) is 3.01. The van der Waals surface area contributed by atoms with Crippen molar-refractivity contribution in [3.8, 4) is 16.9 Å². The topological polar surface area (TPSA) is 74.7 Å². The number of carbonyl (C=O) groups excluding carboxylic acids is 1. The Bertz CT molecular complexity index is 1130. The van der Waals surface area contributed by atoms with E-state index in [0.29, 0.717) is 0 Å².